The number of carbonyl (C=O) groups is 1. The Hall–Kier alpha value is -1.63. The minimum atomic E-state index is -0.873. The fourth-order valence-corrected chi connectivity index (χ4v) is 3.58. The minimum Gasteiger partial charge on any atom is -0.497 e. The van der Waals surface area contributed by atoms with Gasteiger partial charge in [-0.2, -0.15) is 0 Å². The number of esters is 1. The summed E-state index contributed by atoms with van der Waals surface area (Å²) in [6.45, 7) is 2.76. The molecular weight excluding hydrogens is 376 g/mol. The van der Waals surface area contributed by atoms with Crippen LogP contribution >= 0.6 is 15.9 Å². The number of benzene rings is 1. The van der Waals surface area contributed by atoms with E-state index in [9.17, 15) is 4.79 Å². The van der Waals surface area contributed by atoms with Crippen molar-refractivity contribution < 1.29 is 23.7 Å². The van der Waals surface area contributed by atoms with Gasteiger partial charge in [0.15, 0.2) is 0 Å². The Labute approximate surface area is 149 Å². The van der Waals surface area contributed by atoms with E-state index in [1.807, 2.05) is 36.4 Å². The van der Waals surface area contributed by atoms with Gasteiger partial charge in [0, 0.05) is 4.48 Å². The number of hydrogen-bond acceptors (Lipinski definition) is 5. The maximum atomic E-state index is 12.3. The summed E-state index contributed by atoms with van der Waals surface area (Å²) in [5.41, 5.74) is 0.637. The van der Waals surface area contributed by atoms with Crippen molar-refractivity contribution in [2.45, 2.75) is 25.2 Å². The van der Waals surface area contributed by atoms with E-state index in [1.165, 1.54) is 0 Å². The van der Waals surface area contributed by atoms with Gasteiger partial charge in [0.25, 0.3) is 0 Å². The molecule has 1 aromatic carbocycles. The molecule has 0 unspecified atom stereocenters. The Morgan fingerprint density at radius 1 is 1.33 bits per heavy atom. The minimum absolute atomic E-state index is 0.242. The second-order valence-electron chi connectivity index (χ2n) is 5.57. The van der Waals surface area contributed by atoms with Gasteiger partial charge < -0.3 is 18.9 Å². The highest BCUT2D eigenvalue weighted by molar-refractivity contribution is 9.11. The summed E-state index contributed by atoms with van der Waals surface area (Å²) < 4.78 is 22.8. The van der Waals surface area contributed by atoms with Crippen molar-refractivity contribution in [3.63, 3.8) is 0 Å². The Balaban J connectivity index is 1.66. The normalized spacial score (nSPS) is 24.5. The fraction of sp³-hybridized carbons (Fsp3) is 0.389. The predicted molar refractivity (Wildman–Crippen MR) is 92.0 cm³/mol. The van der Waals surface area contributed by atoms with Gasteiger partial charge in [-0.25, -0.2) is 4.79 Å². The zero-order chi connectivity index (χ0) is 17.2. The highest BCUT2D eigenvalue weighted by atomic mass is 79.9. The Kier molecular flexibility index (Phi) is 5.08. The van der Waals surface area contributed by atoms with Gasteiger partial charge in [-0.15, -0.1) is 0 Å². The highest BCUT2D eigenvalue weighted by Crippen LogP contribution is 2.46. The highest BCUT2D eigenvalue weighted by Gasteiger charge is 2.52. The maximum Gasteiger partial charge on any atom is 0.338 e. The van der Waals surface area contributed by atoms with E-state index in [0.717, 1.165) is 15.8 Å². The Morgan fingerprint density at radius 3 is 2.75 bits per heavy atom. The van der Waals surface area contributed by atoms with Crippen molar-refractivity contribution in [2.24, 2.45) is 0 Å². The summed E-state index contributed by atoms with van der Waals surface area (Å²) in [4.78, 5) is 12.3. The molecule has 2 bridgehead atoms. The lowest BCUT2D eigenvalue weighted by molar-refractivity contribution is -0.141. The third-order valence-electron chi connectivity index (χ3n) is 4.01. The first-order valence-electron chi connectivity index (χ1n) is 7.75. The molecule has 0 fully saturated rings. The van der Waals surface area contributed by atoms with Crippen LogP contribution in [0.25, 0.3) is 0 Å². The molecule has 128 valence electrons. The van der Waals surface area contributed by atoms with Crippen molar-refractivity contribution in [3.05, 3.63) is 52.0 Å². The average molecular weight is 395 g/mol. The molecule has 2 atom stereocenters. The van der Waals surface area contributed by atoms with Gasteiger partial charge in [0.05, 0.1) is 32.5 Å². The summed E-state index contributed by atoms with van der Waals surface area (Å²) >= 11 is 3.45. The first kappa shape index (κ1) is 17.2. The fourth-order valence-electron chi connectivity index (χ4n) is 2.84. The molecule has 2 aliphatic heterocycles. The van der Waals surface area contributed by atoms with E-state index < -0.39 is 5.60 Å². The van der Waals surface area contributed by atoms with Crippen molar-refractivity contribution in [2.75, 3.05) is 20.3 Å². The van der Waals surface area contributed by atoms with Crippen LogP contribution in [0.3, 0.4) is 0 Å². The SMILES string of the molecule is CCOC(=O)C1=C(Br)[C@@H]2C=C[C@@]1(COCc1ccc(OC)cc1)O2. The van der Waals surface area contributed by atoms with Crippen LogP contribution in [0.5, 0.6) is 5.75 Å². The van der Waals surface area contributed by atoms with Gasteiger partial charge in [-0.05, 0) is 30.7 Å². The molecule has 0 aliphatic carbocycles. The molecule has 0 amide bonds. The number of rotatable bonds is 7. The molecule has 0 saturated carbocycles. The number of carbonyl (C=O) groups excluding carboxylic acids is 1. The molecule has 2 heterocycles. The number of methoxy groups -OCH3 is 1. The molecule has 5 nitrogen and oxygen atoms in total. The second-order valence-corrected chi connectivity index (χ2v) is 6.43. The van der Waals surface area contributed by atoms with Gasteiger partial charge in [0.2, 0.25) is 0 Å². The smallest absolute Gasteiger partial charge is 0.338 e. The lowest BCUT2D eigenvalue weighted by Crippen LogP contribution is -2.37. The van der Waals surface area contributed by atoms with Gasteiger partial charge >= 0.3 is 5.97 Å². The molecule has 0 aromatic heterocycles. The standard InChI is InChI=1S/C18H19BrO5/c1-3-23-17(20)15-16(19)14-8-9-18(15,24-14)11-22-10-12-4-6-13(21-2)7-5-12/h4-9,14H,3,10-11H2,1-2H3/t14-,18-/m0/s1. The van der Waals surface area contributed by atoms with E-state index in [1.54, 1.807) is 14.0 Å². The van der Waals surface area contributed by atoms with E-state index in [-0.39, 0.29) is 18.7 Å². The van der Waals surface area contributed by atoms with Crippen molar-refractivity contribution in [1.29, 1.82) is 0 Å². The molecule has 0 spiro atoms. The maximum absolute atomic E-state index is 12.3. The van der Waals surface area contributed by atoms with Crippen LogP contribution in [0.4, 0.5) is 0 Å². The summed E-state index contributed by atoms with van der Waals surface area (Å²) in [6, 6.07) is 7.65. The first-order chi connectivity index (χ1) is 11.6. The van der Waals surface area contributed by atoms with Gasteiger partial charge in [-0.1, -0.05) is 34.1 Å². The summed E-state index contributed by atoms with van der Waals surface area (Å²) in [5.74, 6) is 0.429. The quantitative estimate of drug-likeness (QED) is 0.525. The molecule has 6 heteroatoms. The van der Waals surface area contributed by atoms with Crippen LogP contribution in [0.2, 0.25) is 0 Å². The second kappa shape index (κ2) is 7.09. The van der Waals surface area contributed by atoms with Crippen LogP contribution in [0.15, 0.2) is 46.5 Å². The van der Waals surface area contributed by atoms with Gasteiger partial charge in [-0.3, -0.25) is 0 Å². The van der Waals surface area contributed by atoms with E-state index in [0.29, 0.717) is 18.8 Å². The number of ether oxygens (including phenoxy) is 4. The van der Waals surface area contributed by atoms with E-state index >= 15 is 0 Å². The summed E-state index contributed by atoms with van der Waals surface area (Å²) in [7, 11) is 1.63. The van der Waals surface area contributed by atoms with E-state index in [4.69, 9.17) is 18.9 Å². The summed E-state index contributed by atoms with van der Waals surface area (Å²) in [5, 5.41) is 0. The largest absolute Gasteiger partial charge is 0.497 e. The number of hydrogen-bond donors (Lipinski definition) is 0. The molecule has 2 aliphatic rings. The molecule has 0 N–H and O–H groups in total. The zero-order valence-electron chi connectivity index (χ0n) is 13.6. The topological polar surface area (TPSA) is 54.0 Å². The lowest BCUT2D eigenvalue weighted by Gasteiger charge is -2.25. The zero-order valence-corrected chi connectivity index (χ0v) is 15.2. The van der Waals surface area contributed by atoms with Crippen LogP contribution in [-0.2, 0) is 25.6 Å². The first-order valence-corrected chi connectivity index (χ1v) is 8.54. The molecular formula is C18H19BrO5. The lowest BCUT2D eigenvalue weighted by atomic mass is 9.92. The average Bonchev–Trinajstić information content (AvgIpc) is 3.12. The van der Waals surface area contributed by atoms with Crippen molar-refractivity contribution in [1.82, 2.24) is 0 Å². The third kappa shape index (κ3) is 3.14. The Bertz CT molecular complexity index is 679. The van der Waals surface area contributed by atoms with Crippen molar-refractivity contribution in [3.8, 4) is 5.75 Å². The predicted octanol–water partition coefficient (Wildman–Crippen LogP) is 3.13. The van der Waals surface area contributed by atoms with Crippen LogP contribution in [0.1, 0.15) is 12.5 Å². The Morgan fingerprint density at radius 2 is 2.08 bits per heavy atom. The summed E-state index contributed by atoms with van der Waals surface area (Å²) in [6.07, 6.45) is 3.56. The number of halogens is 1. The monoisotopic (exact) mass is 394 g/mol. The molecule has 1 aromatic rings. The molecule has 0 saturated heterocycles. The third-order valence-corrected chi connectivity index (χ3v) is 4.86. The van der Waals surface area contributed by atoms with Crippen molar-refractivity contribution >= 4 is 21.9 Å². The molecule has 0 radical (unpaired) electrons. The molecule has 3 rings (SSSR count). The van der Waals surface area contributed by atoms with Crippen LogP contribution < -0.4 is 4.74 Å². The van der Waals surface area contributed by atoms with Crippen LogP contribution in [-0.4, -0.2) is 38.0 Å². The van der Waals surface area contributed by atoms with Crippen LogP contribution in [0, 0.1) is 0 Å². The molecule has 24 heavy (non-hydrogen) atoms. The van der Waals surface area contributed by atoms with Gasteiger partial charge in [0.1, 0.15) is 17.5 Å². The van der Waals surface area contributed by atoms with E-state index in [2.05, 4.69) is 15.9 Å². The number of fused-ring (bicyclic) bond motifs is 2.